The number of aromatic nitrogens is 1. The topological polar surface area (TPSA) is 79.1 Å². The number of carbonyl (C=O) groups excluding carboxylic acids is 1. The lowest BCUT2D eigenvalue weighted by Crippen LogP contribution is -2.39. The Bertz CT molecular complexity index is 1450. The third-order valence-electron chi connectivity index (χ3n) is 5.49. The van der Waals surface area contributed by atoms with Gasteiger partial charge in [0.05, 0.1) is 35.6 Å². The van der Waals surface area contributed by atoms with Crippen LogP contribution in [0.2, 0.25) is 0 Å². The van der Waals surface area contributed by atoms with E-state index in [1.54, 1.807) is 43.7 Å². The van der Waals surface area contributed by atoms with Crippen LogP contribution in [-0.4, -0.2) is 30.9 Å². The Morgan fingerprint density at radius 3 is 2.46 bits per heavy atom. The number of nitrogens with zero attached hydrogens (tertiary/aromatic N) is 2. The lowest BCUT2D eigenvalue weighted by Gasteiger charge is -2.24. The molecule has 8 heteroatoms. The number of fused-ring (bicyclic) bond motifs is 1. The first-order valence-corrected chi connectivity index (χ1v) is 12.0. The van der Waals surface area contributed by atoms with Crippen LogP contribution in [0.25, 0.3) is 6.08 Å². The van der Waals surface area contributed by atoms with Crippen LogP contribution >= 0.6 is 11.3 Å². The quantitative estimate of drug-likeness (QED) is 0.357. The first-order valence-electron chi connectivity index (χ1n) is 11.1. The summed E-state index contributed by atoms with van der Waals surface area (Å²) in [5, 5.41) is 0. The van der Waals surface area contributed by atoms with Crippen LogP contribution < -0.4 is 24.4 Å². The third-order valence-corrected chi connectivity index (χ3v) is 6.48. The molecule has 0 spiro atoms. The Hall–Kier alpha value is -3.91. The molecule has 2 heterocycles. The fraction of sp³-hybridized carbons (Fsp3) is 0.222. The van der Waals surface area contributed by atoms with E-state index < -0.39 is 12.0 Å². The molecule has 0 amide bonds. The van der Waals surface area contributed by atoms with Gasteiger partial charge in [-0.1, -0.05) is 48.3 Å². The van der Waals surface area contributed by atoms with Gasteiger partial charge in [0.1, 0.15) is 18.1 Å². The molecule has 0 bridgehead atoms. The van der Waals surface area contributed by atoms with Crippen molar-refractivity contribution in [2.24, 2.45) is 4.99 Å². The standard InChI is InChI=1S/C27H26N2O5S/c1-5-15-34-21-11-7-18(8-12-21)16-22-25(30)29-24(19-9-13-20(32-4)14-10-19)23(26(31)33-6-2)17(3)28-27(29)35-22/h5,7-14,16,24H,1,6,15H2,2-4H3/b22-16+/t24-/m0/s1. The van der Waals surface area contributed by atoms with Gasteiger partial charge in [-0.15, -0.1) is 0 Å². The minimum atomic E-state index is -0.659. The van der Waals surface area contributed by atoms with E-state index in [0.29, 0.717) is 33.0 Å². The van der Waals surface area contributed by atoms with Gasteiger partial charge in [0.25, 0.3) is 5.56 Å². The summed E-state index contributed by atoms with van der Waals surface area (Å²) in [5.41, 5.74) is 2.26. The highest BCUT2D eigenvalue weighted by Crippen LogP contribution is 2.31. The molecule has 0 N–H and O–H groups in total. The molecule has 35 heavy (non-hydrogen) atoms. The Morgan fingerprint density at radius 2 is 1.83 bits per heavy atom. The molecule has 0 aliphatic carbocycles. The Balaban J connectivity index is 1.84. The monoisotopic (exact) mass is 490 g/mol. The zero-order valence-corrected chi connectivity index (χ0v) is 20.6. The van der Waals surface area contributed by atoms with Crippen LogP contribution in [0.3, 0.4) is 0 Å². The van der Waals surface area contributed by atoms with E-state index in [0.717, 1.165) is 16.9 Å². The summed E-state index contributed by atoms with van der Waals surface area (Å²) in [5.74, 6) is 0.914. The molecular formula is C27H26N2O5S. The molecule has 0 saturated heterocycles. The Kier molecular flexibility index (Phi) is 7.31. The lowest BCUT2D eigenvalue weighted by atomic mass is 9.96. The van der Waals surface area contributed by atoms with Gasteiger partial charge in [-0.2, -0.15) is 0 Å². The molecule has 3 aromatic rings. The largest absolute Gasteiger partial charge is 0.497 e. The Morgan fingerprint density at radius 1 is 1.14 bits per heavy atom. The molecule has 2 aromatic carbocycles. The maximum atomic E-state index is 13.6. The number of ether oxygens (including phenoxy) is 3. The second-order valence-corrected chi connectivity index (χ2v) is 8.75. The van der Waals surface area contributed by atoms with E-state index >= 15 is 0 Å². The van der Waals surface area contributed by atoms with Gasteiger partial charge in [-0.3, -0.25) is 9.36 Å². The van der Waals surface area contributed by atoms with Gasteiger partial charge >= 0.3 is 5.97 Å². The summed E-state index contributed by atoms with van der Waals surface area (Å²) < 4.78 is 18.2. The predicted octanol–water partition coefficient (Wildman–Crippen LogP) is 3.37. The average Bonchev–Trinajstić information content (AvgIpc) is 3.17. The smallest absolute Gasteiger partial charge is 0.338 e. The summed E-state index contributed by atoms with van der Waals surface area (Å²) >= 11 is 1.28. The first-order chi connectivity index (χ1) is 17.0. The maximum absolute atomic E-state index is 13.6. The van der Waals surface area contributed by atoms with Gasteiger partial charge in [0.15, 0.2) is 4.80 Å². The number of esters is 1. The predicted molar refractivity (Wildman–Crippen MR) is 136 cm³/mol. The zero-order valence-electron chi connectivity index (χ0n) is 19.8. The minimum Gasteiger partial charge on any atom is -0.497 e. The molecule has 0 radical (unpaired) electrons. The van der Waals surface area contributed by atoms with Crippen LogP contribution in [0.1, 0.15) is 31.0 Å². The van der Waals surface area contributed by atoms with Crippen molar-refractivity contribution >= 4 is 23.4 Å². The van der Waals surface area contributed by atoms with Crippen molar-refractivity contribution in [1.29, 1.82) is 0 Å². The first kappa shape index (κ1) is 24.2. The number of thiazole rings is 1. The van der Waals surface area contributed by atoms with Crippen LogP contribution in [0.15, 0.2) is 82.2 Å². The molecule has 0 unspecified atom stereocenters. The highest BCUT2D eigenvalue weighted by molar-refractivity contribution is 7.07. The fourth-order valence-corrected chi connectivity index (χ4v) is 4.91. The van der Waals surface area contributed by atoms with E-state index in [1.165, 1.54) is 11.3 Å². The van der Waals surface area contributed by atoms with Crippen molar-refractivity contribution in [3.63, 3.8) is 0 Å². The molecule has 180 valence electrons. The van der Waals surface area contributed by atoms with Gasteiger partial charge < -0.3 is 14.2 Å². The Labute approximate surface area is 206 Å². The minimum absolute atomic E-state index is 0.224. The van der Waals surface area contributed by atoms with E-state index in [9.17, 15) is 9.59 Å². The van der Waals surface area contributed by atoms with Crippen molar-refractivity contribution in [3.05, 3.63) is 103 Å². The van der Waals surface area contributed by atoms with Crippen LogP contribution in [0.5, 0.6) is 11.5 Å². The normalized spacial score (nSPS) is 15.3. The second kappa shape index (κ2) is 10.6. The number of methoxy groups -OCH3 is 1. The molecular weight excluding hydrogens is 464 g/mol. The molecule has 1 aromatic heterocycles. The summed E-state index contributed by atoms with van der Waals surface area (Å²) in [6.45, 7) is 7.81. The van der Waals surface area contributed by atoms with E-state index in [4.69, 9.17) is 14.2 Å². The molecule has 4 rings (SSSR count). The number of hydrogen-bond acceptors (Lipinski definition) is 7. The van der Waals surface area contributed by atoms with Gasteiger partial charge in [0.2, 0.25) is 0 Å². The van der Waals surface area contributed by atoms with Crippen LogP contribution in [0.4, 0.5) is 0 Å². The molecule has 7 nitrogen and oxygen atoms in total. The number of hydrogen-bond donors (Lipinski definition) is 0. The zero-order chi connectivity index (χ0) is 24.9. The SMILES string of the molecule is C=CCOc1ccc(/C=c2/sc3n(c2=O)[C@@H](c2ccc(OC)cc2)C(C(=O)OCC)=C(C)N=3)cc1. The number of allylic oxidation sites excluding steroid dienone is 1. The van der Waals surface area contributed by atoms with Crippen molar-refractivity contribution in [3.8, 4) is 11.5 Å². The molecule has 1 aliphatic heterocycles. The highest BCUT2D eigenvalue weighted by Gasteiger charge is 2.33. The van der Waals surface area contributed by atoms with Gasteiger partial charge in [-0.25, -0.2) is 9.79 Å². The fourth-order valence-electron chi connectivity index (χ4n) is 3.86. The summed E-state index contributed by atoms with van der Waals surface area (Å²) in [4.78, 5) is 31.7. The maximum Gasteiger partial charge on any atom is 0.338 e. The van der Waals surface area contributed by atoms with E-state index in [1.807, 2.05) is 42.5 Å². The number of rotatable bonds is 8. The molecule has 1 aliphatic rings. The van der Waals surface area contributed by atoms with Crippen LogP contribution in [0, 0.1) is 0 Å². The summed E-state index contributed by atoms with van der Waals surface area (Å²) in [7, 11) is 1.59. The van der Waals surface area contributed by atoms with Crippen molar-refractivity contribution in [1.82, 2.24) is 4.57 Å². The van der Waals surface area contributed by atoms with Crippen LogP contribution in [-0.2, 0) is 9.53 Å². The van der Waals surface area contributed by atoms with Gasteiger partial charge in [0, 0.05) is 0 Å². The van der Waals surface area contributed by atoms with Gasteiger partial charge in [-0.05, 0) is 55.3 Å². The summed E-state index contributed by atoms with van der Waals surface area (Å²) in [6.07, 6.45) is 3.50. The second-order valence-electron chi connectivity index (χ2n) is 7.74. The number of carbonyl (C=O) groups is 1. The van der Waals surface area contributed by atoms with Crippen molar-refractivity contribution in [2.45, 2.75) is 19.9 Å². The third kappa shape index (κ3) is 4.97. The number of benzene rings is 2. The molecule has 1 atom stereocenters. The summed E-state index contributed by atoms with van der Waals surface area (Å²) in [6, 6.07) is 14.1. The molecule has 0 fully saturated rings. The van der Waals surface area contributed by atoms with Crippen molar-refractivity contribution < 1.29 is 19.0 Å². The highest BCUT2D eigenvalue weighted by atomic mass is 32.1. The average molecular weight is 491 g/mol. The lowest BCUT2D eigenvalue weighted by molar-refractivity contribution is -0.139. The molecule has 0 saturated carbocycles. The van der Waals surface area contributed by atoms with Crippen molar-refractivity contribution in [2.75, 3.05) is 20.3 Å². The van der Waals surface area contributed by atoms with E-state index in [2.05, 4.69) is 11.6 Å². The van der Waals surface area contributed by atoms with E-state index in [-0.39, 0.29) is 12.2 Å².